The average molecular weight is 420 g/mol. The second-order valence-electron chi connectivity index (χ2n) is 7.36. The van der Waals surface area contributed by atoms with E-state index in [-0.39, 0.29) is 11.3 Å². The summed E-state index contributed by atoms with van der Waals surface area (Å²) in [4.78, 5) is 30.0. The van der Waals surface area contributed by atoms with Gasteiger partial charge in [0.1, 0.15) is 0 Å². The number of hydrogen-bond acceptors (Lipinski definition) is 3. The number of ketones is 1. The normalized spacial score (nSPS) is 11.2. The van der Waals surface area contributed by atoms with E-state index in [0.717, 1.165) is 29.7 Å². The van der Waals surface area contributed by atoms with Gasteiger partial charge < -0.3 is 4.57 Å². The van der Waals surface area contributed by atoms with Crippen molar-refractivity contribution in [2.75, 3.05) is 0 Å². The van der Waals surface area contributed by atoms with Crippen LogP contribution in [0.4, 0.5) is 0 Å². The Hall–Kier alpha value is -3.18. The van der Waals surface area contributed by atoms with Crippen molar-refractivity contribution in [2.24, 2.45) is 0 Å². The topological polar surface area (TPSA) is 56.4 Å². The fourth-order valence-corrected chi connectivity index (χ4v) is 3.73. The summed E-state index contributed by atoms with van der Waals surface area (Å²) in [7, 11) is 0. The lowest BCUT2D eigenvalue weighted by Crippen LogP contribution is -2.21. The lowest BCUT2D eigenvalue weighted by molar-refractivity contribution is 0.103. The van der Waals surface area contributed by atoms with E-state index >= 15 is 0 Å². The third-order valence-electron chi connectivity index (χ3n) is 5.22. The Morgan fingerprint density at radius 1 is 1.00 bits per heavy atom. The zero-order valence-electron chi connectivity index (χ0n) is 16.9. The van der Waals surface area contributed by atoms with Crippen molar-refractivity contribution >= 4 is 23.2 Å². The number of aromatic nitrogens is 3. The fourth-order valence-electron chi connectivity index (χ4n) is 3.60. The van der Waals surface area contributed by atoms with Gasteiger partial charge in [-0.25, -0.2) is 4.98 Å². The SMILES string of the molecule is CCCc1c(C)nc2n(Cc3ccc(C(=O)c4ccc(Cl)cc4)cc3)ccn2c1=O. The second-order valence-corrected chi connectivity index (χ2v) is 7.80. The van der Waals surface area contributed by atoms with Crippen LogP contribution in [0.5, 0.6) is 0 Å². The number of fused-ring (bicyclic) bond motifs is 1. The number of imidazole rings is 1. The Labute approximate surface area is 179 Å². The number of carbonyl (C=O) groups is 1. The van der Waals surface area contributed by atoms with Crippen molar-refractivity contribution in [3.8, 4) is 0 Å². The Bertz CT molecular complexity index is 1270. The lowest BCUT2D eigenvalue weighted by Gasteiger charge is -2.08. The van der Waals surface area contributed by atoms with Crippen LogP contribution in [0.1, 0.15) is 46.1 Å². The molecule has 2 aromatic heterocycles. The van der Waals surface area contributed by atoms with Gasteiger partial charge in [-0.15, -0.1) is 0 Å². The molecule has 0 spiro atoms. The zero-order chi connectivity index (χ0) is 21.3. The van der Waals surface area contributed by atoms with E-state index in [4.69, 9.17) is 11.6 Å². The van der Waals surface area contributed by atoms with Gasteiger partial charge in [0.15, 0.2) is 5.78 Å². The highest BCUT2D eigenvalue weighted by atomic mass is 35.5. The summed E-state index contributed by atoms with van der Waals surface area (Å²) < 4.78 is 3.55. The number of rotatable bonds is 6. The number of aryl methyl sites for hydroxylation is 1. The summed E-state index contributed by atoms with van der Waals surface area (Å²) in [5.41, 5.74) is 3.80. The molecule has 4 rings (SSSR count). The molecule has 152 valence electrons. The highest BCUT2D eigenvalue weighted by Gasteiger charge is 2.13. The van der Waals surface area contributed by atoms with Gasteiger partial charge >= 0.3 is 0 Å². The second kappa shape index (κ2) is 8.28. The monoisotopic (exact) mass is 419 g/mol. The van der Waals surface area contributed by atoms with E-state index in [0.29, 0.717) is 28.5 Å². The van der Waals surface area contributed by atoms with Crippen molar-refractivity contribution in [2.45, 2.75) is 33.2 Å². The first-order valence-corrected chi connectivity index (χ1v) is 10.3. The maximum atomic E-state index is 12.7. The predicted octanol–water partition coefficient (Wildman–Crippen LogP) is 4.69. The van der Waals surface area contributed by atoms with Crippen molar-refractivity contribution in [3.05, 3.63) is 104 Å². The van der Waals surface area contributed by atoms with Crippen LogP contribution in [0.15, 0.2) is 65.7 Å². The minimum Gasteiger partial charge on any atom is -0.312 e. The molecule has 0 saturated heterocycles. The largest absolute Gasteiger partial charge is 0.312 e. The Morgan fingerprint density at radius 2 is 1.63 bits per heavy atom. The Morgan fingerprint density at radius 3 is 2.27 bits per heavy atom. The van der Waals surface area contributed by atoms with Crippen LogP contribution < -0.4 is 5.56 Å². The van der Waals surface area contributed by atoms with E-state index in [9.17, 15) is 9.59 Å². The maximum absolute atomic E-state index is 12.7. The molecule has 0 aliphatic heterocycles. The molecule has 0 unspecified atom stereocenters. The molecule has 0 N–H and O–H groups in total. The van der Waals surface area contributed by atoms with Gasteiger partial charge in [-0.2, -0.15) is 0 Å². The molecule has 0 aliphatic rings. The summed E-state index contributed by atoms with van der Waals surface area (Å²) in [6, 6.07) is 14.4. The number of hydrogen-bond donors (Lipinski definition) is 0. The van der Waals surface area contributed by atoms with Gasteiger partial charge in [-0.1, -0.05) is 49.2 Å². The third-order valence-corrected chi connectivity index (χ3v) is 5.48. The predicted molar refractivity (Wildman–Crippen MR) is 119 cm³/mol. The first kappa shape index (κ1) is 20.1. The molecular formula is C24H22ClN3O2. The minimum atomic E-state index is -0.0445. The van der Waals surface area contributed by atoms with E-state index < -0.39 is 0 Å². The highest BCUT2D eigenvalue weighted by molar-refractivity contribution is 6.30. The third kappa shape index (κ3) is 3.81. The molecule has 0 radical (unpaired) electrons. The summed E-state index contributed by atoms with van der Waals surface area (Å²) in [6.07, 6.45) is 5.27. The van der Waals surface area contributed by atoms with Gasteiger partial charge in [0, 0.05) is 39.8 Å². The van der Waals surface area contributed by atoms with E-state index in [2.05, 4.69) is 11.9 Å². The number of halogens is 1. The van der Waals surface area contributed by atoms with Crippen LogP contribution in [-0.2, 0) is 13.0 Å². The molecule has 0 saturated carbocycles. The van der Waals surface area contributed by atoms with Crippen LogP contribution in [-0.4, -0.2) is 19.7 Å². The zero-order valence-corrected chi connectivity index (χ0v) is 17.7. The summed E-state index contributed by atoms with van der Waals surface area (Å²) in [6.45, 7) is 4.51. The van der Waals surface area contributed by atoms with Crippen LogP contribution in [0, 0.1) is 6.92 Å². The first-order chi connectivity index (χ1) is 14.5. The van der Waals surface area contributed by atoms with Crippen molar-refractivity contribution in [1.82, 2.24) is 14.0 Å². The summed E-state index contributed by atoms with van der Waals surface area (Å²) in [5, 5.41) is 0.602. The summed E-state index contributed by atoms with van der Waals surface area (Å²) in [5.74, 6) is 0.579. The average Bonchev–Trinajstić information content (AvgIpc) is 3.14. The Kier molecular flexibility index (Phi) is 5.55. The summed E-state index contributed by atoms with van der Waals surface area (Å²) >= 11 is 5.90. The standard InChI is InChI=1S/C24H22ClN3O2/c1-3-4-21-16(2)26-24-27(13-14-28(24)23(21)30)15-17-5-7-18(8-6-17)22(29)19-9-11-20(25)12-10-19/h5-14H,3-4,15H2,1-2H3. The van der Waals surface area contributed by atoms with Gasteiger partial charge in [0.25, 0.3) is 5.56 Å². The molecule has 30 heavy (non-hydrogen) atoms. The van der Waals surface area contributed by atoms with E-state index in [1.54, 1.807) is 34.9 Å². The highest BCUT2D eigenvalue weighted by Crippen LogP contribution is 2.16. The number of carbonyl (C=O) groups excluding carboxylic acids is 1. The fraction of sp³-hybridized carbons (Fsp3) is 0.208. The van der Waals surface area contributed by atoms with E-state index in [1.165, 1.54) is 0 Å². The number of nitrogens with zero attached hydrogens (tertiary/aromatic N) is 3. The molecule has 5 nitrogen and oxygen atoms in total. The van der Waals surface area contributed by atoms with Crippen LogP contribution in [0.2, 0.25) is 5.02 Å². The van der Waals surface area contributed by atoms with Crippen LogP contribution in [0.3, 0.4) is 0 Å². The van der Waals surface area contributed by atoms with Gasteiger partial charge in [-0.3, -0.25) is 14.0 Å². The molecule has 2 aromatic carbocycles. The smallest absolute Gasteiger partial charge is 0.262 e. The van der Waals surface area contributed by atoms with Gasteiger partial charge in [-0.05, 0) is 43.2 Å². The lowest BCUT2D eigenvalue weighted by atomic mass is 10.0. The van der Waals surface area contributed by atoms with Crippen LogP contribution in [0.25, 0.3) is 5.78 Å². The molecule has 0 fully saturated rings. The van der Waals surface area contributed by atoms with Crippen molar-refractivity contribution < 1.29 is 4.79 Å². The van der Waals surface area contributed by atoms with Gasteiger partial charge in [0.2, 0.25) is 5.78 Å². The molecule has 4 aromatic rings. The molecule has 6 heteroatoms. The van der Waals surface area contributed by atoms with Crippen molar-refractivity contribution in [1.29, 1.82) is 0 Å². The molecule has 0 atom stereocenters. The first-order valence-electron chi connectivity index (χ1n) is 9.94. The van der Waals surface area contributed by atoms with Crippen molar-refractivity contribution in [3.63, 3.8) is 0 Å². The maximum Gasteiger partial charge on any atom is 0.262 e. The number of benzene rings is 2. The molecule has 2 heterocycles. The van der Waals surface area contributed by atoms with Gasteiger partial charge in [0.05, 0.1) is 6.54 Å². The Balaban J connectivity index is 1.59. The molecular weight excluding hydrogens is 398 g/mol. The van der Waals surface area contributed by atoms with Crippen LogP contribution >= 0.6 is 11.6 Å². The molecule has 0 aliphatic carbocycles. The molecule has 0 amide bonds. The minimum absolute atomic E-state index is 0.00186. The van der Waals surface area contributed by atoms with E-state index in [1.807, 2.05) is 42.0 Å². The molecule has 0 bridgehead atoms. The quantitative estimate of drug-likeness (QED) is 0.426.